The summed E-state index contributed by atoms with van der Waals surface area (Å²) >= 11 is 1.44. The van der Waals surface area contributed by atoms with Gasteiger partial charge in [0.05, 0.1) is 5.41 Å². The number of aromatic nitrogens is 4. The van der Waals surface area contributed by atoms with Gasteiger partial charge in [0, 0.05) is 6.42 Å². The molecule has 2 aromatic heterocycles. The molecule has 0 aliphatic heterocycles. The van der Waals surface area contributed by atoms with Gasteiger partial charge in [-0.05, 0) is 12.8 Å². The second kappa shape index (κ2) is 4.88. The summed E-state index contributed by atoms with van der Waals surface area (Å²) in [5.41, 5.74) is -0.639. The van der Waals surface area contributed by atoms with E-state index in [9.17, 15) is 9.90 Å². The maximum atomic E-state index is 11.7. The van der Waals surface area contributed by atoms with Crippen molar-refractivity contribution >= 4 is 22.3 Å². The SMILES string of the molecule is O=C(O)C1(Cc2nn3cnnc3s2)CCCCCC1. The Hall–Kier alpha value is -1.50. The summed E-state index contributed by atoms with van der Waals surface area (Å²) in [4.78, 5) is 12.5. The summed E-state index contributed by atoms with van der Waals surface area (Å²) in [6.07, 6.45) is 7.84. The van der Waals surface area contributed by atoms with Crippen molar-refractivity contribution in [2.75, 3.05) is 0 Å². The first-order chi connectivity index (χ1) is 9.20. The van der Waals surface area contributed by atoms with E-state index in [1.165, 1.54) is 11.3 Å². The van der Waals surface area contributed by atoms with E-state index in [0.717, 1.165) is 48.5 Å². The number of nitrogens with zero attached hydrogens (tertiary/aromatic N) is 4. The van der Waals surface area contributed by atoms with Crippen LogP contribution in [0.4, 0.5) is 0 Å². The molecular formula is C12H16N4O2S. The fraction of sp³-hybridized carbons (Fsp3) is 0.667. The lowest BCUT2D eigenvalue weighted by atomic mass is 9.78. The number of rotatable bonds is 3. The number of carboxylic acids is 1. The van der Waals surface area contributed by atoms with Gasteiger partial charge in [-0.1, -0.05) is 37.0 Å². The van der Waals surface area contributed by atoms with Gasteiger partial charge in [-0.2, -0.15) is 9.61 Å². The van der Waals surface area contributed by atoms with Gasteiger partial charge in [-0.25, -0.2) is 0 Å². The van der Waals surface area contributed by atoms with E-state index in [1.54, 1.807) is 10.8 Å². The van der Waals surface area contributed by atoms with Crippen molar-refractivity contribution < 1.29 is 9.90 Å². The molecule has 1 fully saturated rings. The van der Waals surface area contributed by atoms with Crippen LogP contribution < -0.4 is 0 Å². The van der Waals surface area contributed by atoms with Gasteiger partial charge in [0.25, 0.3) is 0 Å². The predicted molar refractivity (Wildman–Crippen MR) is 70.1 cm³/mol. The summed E-state index contributed by atoms with van der Waals surface area (Å²) in [7, 11) is 0. The summed E-state index contributed by atoms with van der Waals surface area (Å²) in [5, 5.41) is 22.6. The van der Waals surface area contributed by atoms with Crippen molar-refractivity contribution in [1.82, 2.24) is 19.8 Å². The third kappa shape index (κ3) is 2.34. The molecule has 1 N–H and O–H groups in total. The average Bonchev–Trinajstić information content (AvgIpc) is 2.84. The summed E-state index contributed by atoms with van der Waals surface area (Å²) in [6, 6.07) is 0. The molecule has 2 aromatic rings. The molecule has 19 heavy (non-hydrogen) atoms. The molecule has 102 valence electrons. The molecular weight excluding hydrogens is 264 g/mol. The molecule has 0 radical (unpaired) electrons. The van der Waals surface area contributed by atoms with E-state index in [1.807, 2.05) is 0 Å². The van der Waals surface area contributed by atoms with Gasteiger partial charge in [0.15, 0.2) is 0 Å². The molecule has 0 saturated heterocycles. The van der Waals surface area contributed by atoms with Crippen molar-refractivity contribution in [2.24, 2.45) is 5.41 Å². The second-order valence-electron chi connectivity index (χ2n) is 5.23. The topological polar surface area (TPSA) is 80.4 Å². The number of fused-ring (bicyclic) bond motifs is 1. The van der Waals surface area contributed by atoms with Crippen LogP contribution in [0, 0.1) is 5.41 Å². The van der Waals surface area contributed by atoms with E-state index in [0.29, 0.717) is 6.42 Å². The molecule has 2 heterocycles. The van der Waals surface area contributed by atoms with Crippen LogP contribution in [0.2, 0.25) is 0 Å². The third-order valence-electron chi connectivity index (χ3n) is 3.93. The Kier molecular flexibility index (Phi) is 3.22. The molecule has 1 aliphatic carbocycles. The number of hydrogen-bond acceptors (Lipinski definition) is 5. The van der Waals surface area contributed by atoms with E-state index in [4.69, 9.17) is 0 Å². The van der Waals surface area contributed by atoms with Crippen LogP contribution in [0.3, 0.4) is 0 Å². The summed E-state index contributed by atoms with van der Waals surface area (Å²) in [5.74, 6) is -0.680. The Morgan fingerprint density at radius 3 is 2.74 bits per heavy atom. The Labute approximate surface area is 114 Å². The van der Waals surface area contributed by atoms with Crippen molar-refractivity contribution in [3.63, 3.8) is 0 Å². The average molecular weight is 280 g/mol. The van der Waals surface area contributed by atoms with E-state index < -0.39 is 11.4 Å². The quantitative estimate of drug-likeness (QED) is 0.871. The van der Waals surface area contributed by atoms with Crippen LogP contribution in [0.5, 0.6) is 0 Å². The third-order valence-corrected chi connectivity index (χ3v) is 4.85. The van der Waals surface area contributed by atoms with Crippen molar-refractivity contribution in [3.8, 4) is 0 Å². The highest BCUT2D eigenvalue weighted by atomic mass is 32.1. The smallest absolute Gasteiger partial charge is 0.310 e. The van der Waals surface area contributed by atoms with Gasteiger partial charge >= 0.3 is 5.97 Å². The van der Waals surface area contributed by atoms with E-state index >= 15 is 0 Å². The first kappa shape index (κ1) is 12.5. The first-order valence-corrected chi connectivity index (χ1v) is 7.40. The Morgan fingerprint density at radius 1 is 1.37 bits per heavy atom. The maximum absolute atomic E-state index is 11.7. The largest absolute Gasteiger partial charge is 0.481 e. The molecule has 6 nitrogen and oxygen atoms in total. The van der Waals surface area contributed by atoms with Gasteiger partial charge in [-0.3, -0.25) is 4.79 Å². The number of aliphatic carboxylic acids is 1. The zero-order valence-electron chi connectivity index (χ0n) is 10.6. The van der Waals surface area contributed by atoms with Crippen LogP contribution in [0.25, 0.3) is 4.96 Å². The lowest BCUT2D eigenvalue weighted by Crippen LogP contribution is -2.33. The van der Waals surface area contributed by atoms with Gasteiger partial charge in [0.1, 0.15) is 11.3 Å². The molecule has 0 aromatic carbocycles. The highest BCUT2D eigenvalue weighted by molar-refractivity contribution is 7.16. The lowest BCUT2D eigenvalue weighted by molar-refractivity contribution is -0.149. The van der Waals surface area contributed by atoms with Gasteiger partial charge in [0.2, 0.25) is 4.96 Å². The standard InChI is InChI=1S/C12H16N4O2S/c17-10(18)12(5-3-1-2-4-6-12)7-9-15-16-8-13-14-11(16)19-9/h8H,1-7H2,(H,17,18). The fourth-order valence-electron chi connectivity index (χ4n) is 2.83. The van der Waals surface area contributed by atoms with Crippen LogP contribution in [-0.2, 0) is 11.2 Å². The first-order valence-electron chi connectivity index (χ1n) is 6.59. The molecule has 3 rings (SSSR count). The molecule has 0 bridgehead atoms. The Balaban J connectivity index is 1.88. The number of carboxylic acid groups (broad SMARTS) is 1. The second-order valence-corrected chi connectivity index (χ2v) is 6.27. The molecule has 0 amide bonds. The van der Waals surface area contributed by atoms with Gasteiger partial charge in [-0.15, -0.1) is 10.2 Å². The normalized spacial score (nSPS) is 19.4. The molecule has 0 atom stereocenters. The molecule has 1 saturated carbocycles. The van der Waals surface area contributed by atoms with E-state index in [-0.39, 0.29) is 0 Å². The zero-order chi connectivity index (χ0) is 13.3. The predicted octanol–water partition coefficient (Wildman–Crippen LogP) is 2.15. The summed E-state index contributed by atoms with van der Waals surface area (Å²) < 4.78 is 1.62. The Morgan fingerprint density at radius 2 is 2.11 bits per heavy atom. The minimum Gasteiger partial charge on any atom is -0.481 e. The molecule has 0 spiro atoms. The Bertz CT molecular complexity index is 555. The lowest BCUT2D eigenvalue weighted by Gasteiger charge is -2.26. The van der Waals surface area contributed by atoms with Crippen LogP contribution in [0.1, 0.15) is 43.5 Å². The minimum absolute atomic E-state index is 0.510. The van der Waals surface area contributed by atoms with Crippen LogP contribution >= 0.6 is 11.3 Å². The van der Waals surface area contributed by atoms with Crippen molar-refractivity contribution in [2.45, 2.75) is 44.9 Å². The molecule has 7 heteroatoms. The van der Waals surface area contributed by atoms with Crippen molar-refractivity contribution in [1.29, 1.82) is 0 Å². The fourth-order valence-corrected chi connectivity index (χ4v) is 3.79. The zero-order valence-corrected chi connectivity index (χ0v) is 11.4. The number of hydrogen-bond donors (Lipinski definition) is 1. The van der Waals surface area contributed by atoms with Gasteiger partial charge < -0.3 is 5.11 Å². The highest BCUT2D eigenvalue weighted by Crippen LogP contribution is 2.39. The summed E-state index contributed by atoms with van der Waals surface area (Å²) in [6.45, 7) is 0. The molecule has 1 aliphatic rings. The van der Waals surface area contributed by atoms with Crippen molar-refractivity contribution in [3.05, 3.63) is 11.3 Å². The van der Waals surface area contributed by atoms with Crippen LogP contribution in [0.15, 0.2) is 6.33 Å². The monoisotopic (exact) mass is 280 g/mol. The maximum Gasteiger partial charge on any atom is 0.310 e. The number of carbonyl (C=O) groups is 1. The minimum atomic E-state index is -0.680. The molecule has 0 unspecified atom stereocenters. The highest BCUT2D eigenvalue weighted by Gasteiger charge is 2.39. The van der Waals surface area contributed by atoms with E-state index in [2.05, 4.69) is 15.3 Å². The van der Waals surface area contributed by atoms with Crippen LogP contribution in [-0.4, -0.2) is 30.9 Å².